The molecule has 7 heteroatoms. The normalized spacial score (nSPS) is 10.5. The van der Waals surface area contributed by atoms with Gasteiger partial charge >= 0.3 is 0 Å². The molecule has 0 unspecified atom stereocenters. The fourth-order valence-corrected chi connectivity index (χ4v) is 1.62. The van der Waals surface area contributed by atoms with Crippen molar-refractivity contribution < 1.29 is 26.7 Å². The third-order valence-corrected chi connectivity index (χ3v) is 2.61. The first-order chi connectivity index (χ1) is 10.0. The van der Waals surface area contributed by atoms with Gasteiger partial charge in [0.15, 0.2) is 17.4 Å². The van der Waals surface area contributed by atoms with Gasteiger partial charge in [-0.15, -0.1) is 0 Å². The Bertz CT molecular complexity index is 621. The summed E-state index contributed by atoms with van der Waals surface area (Å²) < 4.78 is 70.3. The molecule has 2 nitrogen and oxygen atoms in total. The van der Waals surface area contributed by atoms with E-state index in [1.54, 1.807) is 6.07 Å². The van der Waals surface area contributed by atoms with Crippen LogP contribution in [0.25, 0.3) is 0 Å². The molecule has 0 aliphatic rings. The van der Waals surface area contributed by atoms with E-state index in [0.717, 1.165) is 0 Å². The Morgan fingerprint density at radius 3 is 2.10 bits per heavy atom. The maximum atomic E-state index is 13.3. The van der Waals surface area contributed by atoms with Crippen molar-refractivity contribution in [3.63, 3.8) is 0 Å². The molecule has 0 saturated carbocycles. The lowest BCUT2D eigenvalue weighted by Gasteiger charge is -2.11. The van der Waals surface area contributed by atoms with Crippen LogP contribution in [0.2, 0.25) is 0 Å². The number of para-hydroxylation sites is 1. The molecule has 2 aromatic rings. The maximum Gasteiger partial charge on any atom is 0.203 e. The summed E-state index contributed by atoms with van der Waals surface area (Å²) in [6.45, 7) is -0.330. The first-order valence-electron chi connectivity index (χ1n) is 5.95. The Balaban J connectivity index is 1.97. The number of halogens is 5. The minimum Gasteiger partial charge on any atom is -0.486 e. The van der Waals surface area contributed by atoms with E-state index in [1.165, 1.54) is 18.2 Å². The average Bonchev–Trinajstić information content (AvgIpc) is 2.46. The van der Waals surface area contributed by atoms with Crippen LogP contribution in [0.3, 0.4) is 0 Å². The first-order valence-corrected chi connectivity index (χ1v) is 5.95. The van der Waals surface area contributed by atoms with E-state index in [9.17, 15) is 22.0 Å². The highest BCUT2D eigenvalue weighted by atomic mass is 19.2. The molecule has 0 aromatic heterocycles. The highest BCUT2D eigenvalue weighted by molar-refractivity contribution is 5.44. The van der Waals surface area contributed by atoms with Gasteiger partial charge in [-0.1, -0.05) is 12.1 Å². The Hall–Kier alpha value is -2.31. The summed E-state index contributed by atoms with van der Waals surface area (Å²) in [5, 5.41) is 2.62. The highest BCUT2D eigenvalue weighted by Crippen LogP contribution is 2.26. The number of anilines is 1. The van der Waals surface area contributed by atoms with E-state index in [-0.39, 0.29) is 24.9 Å². The maximum absolute atomic E-state index is 13.3. The first kappa shape index (κ1) is 15.1. The number of rotatable bonds is 5. The van der Waals surface area contributed by atoms with Crippen LogP contribution >= 0.6 is 0 Å². The lowest BCUT2D eigenvalue weighted by Crippen LogP contribution is -2.14. The van der Waals surface area contributed by atoms with Crippen LogP contribution in [0.1, 0.15) is 0 Å². The van der Waals surface area contributed by atoms with Gasteiger partial charge in [-0.2, -0.15) is 8.78 Å². The van der Waals surface area contributed by atoms with Crippen molar-refractivity contribution >= 4 is 5.69 Å². The average molecular weight is 303 g/mol. The van der Waals surface area contributed by atoms with E-state index in [0.29, 0.717) is 0 Å². The standard InChI is InChI=1S/C14H10F5NO/c15-8-3-1-2-4-11(8)20-5-6-21-14-12(18)9(16)7-10(17)13(14)19/h1-4,7,20H,5-6H2. The van der Waals surface area contributed by atoms with Gasteiger partial charge in [0.1, 0.15) is 12.4 Å². The molecule has 21 heavy (non-hydrogen) atoms. The van der Waals surface area contributed by atoms with Crippen molar-refractivity contribution in [1.29, 1.82) is 0 Å². The Morgan fingerprint density at radius 1 is 0.857 bits per heavy atom. The van der Waals surface area contributed by atoms with Gasteiger partial charge < -0.3 is 10.1 Å². The zero-order chi connectivity index (χ0) is 15.4. The zero-order valence-electron chi connectivity index (χ0n) is 10.6. The molecule has 0 heterocycles. The smallest absolute Gasteiger partial charge is 0.203 e. The van der Waals surface area contributed by atoms with Crippen molar-refractivity contribution in [3.05, 3.63) is 59.4 Å². The summed E-state index contributed by atoms with van der Waals surface area (Å²) in [5.41, 5.74) is 0.174. The van der Waals surface area contributed by atoms with Gasteiger partial charge in [0.25, 0.3) is 0 Å². The molecule has 0 fully saturated rings. The topological polar surface area (TPSA) is 21.3 Å². The summed E-state index contributed by atoms with van der Waals surface area (Å²) in [6, 6.07) is 5.86. The number of hydrogen-bond acceptors (Lipinski definition) is 2. The van der Waals surface area contributed by atoms with E-state index in [1.807, 2.05) is 0 Å². The second-order valence-electron chi connectivity index (χ2n) is 4.05. The Kier molecular flexibility index (Phi) is 4.62. The van der Waals surface area contributed by atoms with Gasteiger partial charge in [0.05, 0.1) is 5.69 Å². The molecule has 0 atom stereocenters. The minimum absolute atomic E-state index is 0.0159. The van der Waals surface area contributed by atoms with Crippen LogP contribution in [-0.2, 0) is 0 Å². The molecule has 0 radical (unpaired) electrons. The fourth-order valence-electron chi connectivity index (χ4n) is 1.62. The van der Waals surface area contributed by atoms with Crippen LogP contribution < -0.4 is 10.1 Å². The van der Waals surface area contributed by atoms with Gasteiger partial charge in [-0.3, -0.25) is 0 Å². The largest absolute Gasteiger partial charge is 0.486 e. The van der Waals surface area contributed by atoms with Gasteiger partial charge in [-0.25, -0.2) is 13.2 Å². The van der Waals surface area contributed by atoms with Crippen LogP contribution in [0, 0.1) is 29.1 Å². The predicted octanol–water partition coefficient (Wildman–Crippen LogP) is 3.87. The summed E-state index contributed by atoms with van der Waals surface area (Å²) in [7, 11) is 0. The number of nitrogens with one attached hydrogen (secondary N) is 1. The molecule has 2 aromatic carbocycles. The Labute approximate surface area is 117 Å². The Morgan fingerprint density at radius 2 is 1.48 bits per heavy atom. The summed E-state index contributed by atoms with van der Waals surface area (Å²) in [6.07, 6.45) is 0. The van der Waals surface area contributed by atoms with Crippen LogP contribution in [0.5, 0.6) is 5.75 Å². The number of ether oxygens (including phenoxy) is 1. The molecule has 2 rings (SSSR count). The molecule has 112 valence electrons. The van der Waals surface area contributed by atoms with E-state index in [2.05, 4.69) is 10.1 Å². The molecule has 0 aliphatic carbocycles. The summed E-state index contributed by atoms with van der Waals surface area (Å²) >= 11 is 0. The van der Waals surface area contributed by atoms with E-state index in [4.69, 9.17) is 0 Å². The molecule has 0 amide bonds. The molecular weight excluding hydrogens is 293 g/mol. The number of hydrogen-bond donors (Lipinski definition) is 1. The molecule has 0 spiro atoms. The third-order valence-electron chi connectivity index (χ3n) is 2.61. The second-order valence-corrected chi connectivity index (χ2v) is 4.05. The zero-order valence-corrected chi connectivity index (χ0v) is 10.6. The molecular formula is C14H10F5NO. The molecule has 0 saturated heterocycles. The molecule has 1 N–H and O–H groups in total. The fraction of sp³-hybridized carbons (Fsp3) is 0.143. The van der Waals surface area contributed by atoms with Crippen molar-refractivity contribution in [1.82, 2.24) is 0 Å². The monoisotopic (exact) mass is 303 g/mol. The van der Waals surface area contributed by atoms with Gasteiger partial charge in [-0.05, 0) is 12.1 Å². The van der Waals surface area contributed by atoms with Crippen molar-refractivity contribution in [2.45, 2.75) is 0 Å². The highest BCUT2D eigenvalue weighted by Gasteiger charge is 2.20. The van der Waals surface area contributed by atoms with Crippen LogP contribution in [0.4, 0.5) is 27.6 Å². The summed E-state index contributed by atoms with van der Waals surface area (Å²) in [4.78, 5) is 0. The van der Waals surface area contributed by atoms with Crippen LogP contribution in [0.15, 0.2) is 30.3 Å². The van der Waals surface area contributed by atoms with Gasteiger partial charge in [0, 0.05) is 12.6 Å². The summed E-state index contributed by atoms with van der Waals surface area (Å²) in [5.74, 6) is -7.97. The lowest BCUT2D eigenvalue weighted by molar-refractivity contribution is 0.282. The second kappa shape index (κ2) is 6.43. The predicted molar refractivity (Wildman–Crippen MR) is 66.7 cm³/mol. The van der Waals surface area contributed by atoms with Crippen LogP contribution in [-0.4, -0.2) is 13.2 Å². The minimum atomic E-state index is -1.61. The quantitative estimate of drug-likeness (QED) is 0.514. The molecule has 0 aliphatic heterocycles. The molecule has 0 bridgehead atoms. The lowest BCUT2D eigenvalue weighted by atomic mass is 10.3. The van der Waals surface area contributed by atoms with Crippen molar-refractivity contribution in [2.75, 3.05) is 18.5 Å². The van der Waals surface area contributed by atoms with E-state index >= 15 is 0 Å². The third kappa shape index (κ3) is 3.42. The van der Waals surface area contributed by atoms with Crippen molar-refractivity contribution in [2.24, 2.45) is 0 Å². The number of benzene rings is 2. The van der Waals surface area contributed by atoms with Gasteiger partial charge in [0.2, 0.25) is 11.6 Å². The van der Waals surface area contributed by atoms with E-state index < -0.39 is 34.8 Å². The van der Waals surface area contributed by atoms with Crippen molar-refractivity contribution in [3.8, 4) is 5.75 Å². The SMILES string of the molecule is Fc1ccccc1NCCOc1c(F)c(F)cc(F)c1F.